The molecule has 2 amide bonds. The zero-order valence-electron chi connectivity index (χ0n) is 10.4. The van der Waals surface area contributed by atoms with E-state index in [4.69, 9.17) is 0 Å². The Labute approximate surface area is 106 Å². The number of ketones is 1. The quantitative estimate of drug-likeness (QED) is 0.627. The molecule has 0 saturated carbocycles. The van der Waals surface area contributed by atoms with Gasteiger partial charge in [0.05, 0.1) is 0 Å². The maximum atomic E-state index is 11.2. The highest BCUT2D eigenvalue weighted by Crippen LogP contribution is 1.94. The van der Waals surface area contributed by atoms with Crippen molar-refractivity contribution in [1.29, 1.82) is 0 Å². The third kappa shape index (κ3) is 11.2. The summed E-state index contributed by atoms with van der Waals surface area (Å²) in [5.74, 6) is 0.666. The summed E-state index contributed by atoms with van der Waals surface area (Å²) < 4.78 is 0. The molecule has 0 saturated heterocycles. The molecule has 0 aromatic carbocycles. The molecule has 2 N–H and O–H groups in total. The summed E-state index contributed by atoms with van der Waals surface area (Å²) in [6.07, 6.45) is 3.03. The van der Waals surface area contributed by atoms with Gasteiger partial charge in [-0.3, -0.25) is 14.4 Å². The molecule has 0 aromatic heterocycles. The van der Waals surface area contributed by atoms with Crippen LogP contribution in [0.25, 0.3) is 0 Å². The highest BCUT2D eigenvalue weighted by molar-refractivity contribution is 7.98. The minimum Gasteiger partial charge on any atom is -0.356 e. The van der Waals surface area contributed by atoms with Crippen LogP contribution in [0.5, 0.6) is 0 Å². The molecular formula is C11H20N2O3S. The van der Waals surface area contributed by atoms with Gasteiger partial charge in [0.15, 0.2) is 0 Å². The zero-order chi connectivity index (χ0) is 13.1. The minimum absolute atomic E-state index is 0.0316. The van der Waals surface area contributed by atoms with E-state index in [2.05, 4.69) is 10.6 Å². The van der Waals surface area contributed by atoms with Crippen LogP contribution in [0.4, 0.5) is 0 Å². The molecule has 17 heavy (non-hydrogen) atoms. The number of thioether (sulfide) groups is 1. The molecule has 0 radical (unpaired) electrons. The number of carbonyl (C=O) groups excluding carboxylic acids is 3. The first kappa shape index (κ1) is 16.0. The topological polar surface area (TPSA) is 75.3 Å². The third-order valence-corrected chi connectivity index (χ3v) is 2.62. The van der Waals surface area contributed by atoms with E-state index >= 15 is 0 Å². The number of amides is 2. The van der Waals surface area contributed by atoms with Crippen molar-refractivity contribution in [2.75, 3.05) is 25.1 Å². The van der Waals surface area contributed by atoms with Gasteiger partial charge in [-0.15, -0.1) is 0 Å². The van der Waals surface area contributed by atoms with E-state index in [-0.39, 0.29) is 24.0 Å². The molecular weight excluding hydrogens is 240 g/mol. The van der Waals surface area contributed by atoms with Gasteiger partial charge in [0.1, 0.15) is 5.78 Å². The van der Waals surface area contributed by atoms with Gasteiger partial charge in [0.2, 0.25) is 11.8 Å². The Bertz CT molecular complexity index is 269. The van der Waals surface area contributed by atoms with Crippen LogP contribution in [0.15, 0.2) is 0 Å². The number of carbonyl (C=O) groups is 3. The molecule has 5 nitrogen and oxygen atoms in total. The standard InChI is InChI=1S/C11H20N2O3S/c1-9(14)3-6-12-10(15)4-7-13-11(16)5-8-17-2/h3-8H2,1-2H3,(H,12,15)(H,13,16). The number of nitrogens with one attached hydrogen (secondary N) is 2. The second-order valence-corrected chi connectivity index (χ2v) is 4.63. The Hall–Kier alpha value is -1.04. The van der Waals surface area contributed by atoms with Crippen molar-refractivity contribution in [3.8, 4) is 0 Å². The lowest BCUT2D eigenvalue weighted by atomic mass is 10.3. The summed E-state index contributed by atoms with van der Waals surface area (Å²) in [5.41, 5.74) is 0. The van der Waals surface area contributed by atoms with Crippen LogP contribution in [0.1, 0.15) is 26.2 Å². The Balaban J connectivity index is 3.44. The predicted molar refractivity (Wildman–Crippen MR) is 68.9 cm³/mol. The van der Waals surface area contributed by atoms with Crippen LogP contribution in [0.3, 0.4) is 0 Å². The SMILES string of the molecule is CSCCC(=O)NCCC(=O)NCCC(C)=O. The summed E-state index contributed by atoms with van der Waals surface area (Å²) in [4.78, 5) is 33.0. The van der Waals surface area contributed by atoms with E-state index in [0.29, 0.717) is 25.9 Å². The summed E-state index contributed by atoms with van der Waals surface area (Å²) in [5, 5.41) is 5.28. The van der Waals surface area contributed by atoms with Crippen LogP contribution < -0.4 is 10.6 Å². The molecule has 0 rings (SSSR count). The molecule has 0 aliphatic carbocycles. The first-order chi connectivity index (χ1) is 8.06. The van der Waals surface area contributed by atoms with Gasteiger partial charge in [0, 0.05) is 38.1 Å². The van der Waals surface area contributed by atoms with Crippen LogP contribution in [-0.2, 0) is 14.4 Å². The lowest BCUT2D eigenvalue weighted by Gasteiger charge is -2.05. The van der Waals surface area contributed by atoms with Crippen molar-refractivity contribution in [2.24, 2.45) is 0 Å². The van der Waals surface area contributed by atoms with E-state index in [1.54, 1.807) is 11.8 Å². The summed E-state index contributed by atoms with van der Waals surface area (Å²) in [6, 6.07) is 0. The largest absolute Gasteiger partial charge is 0.356 e. The number of Topliss-reactive ketones (excluding diaryl/α,β-unsaturated/α-hetero) is 1. The predicted octanol–water partition coefficient (Wildman–Crippen LogP) is 0.341. The van der Waals surface area contributed by atoms with Gasteiger partial charge < -0.3 is 10.6 Å². The van der Waals surface area contributed by atoms with Crippen molar-refractivity contribution in [3.05, 3.63) is 0 Å². The Morgan fingerprint density at radius 1 is 0.941 bits per heavy atom. The van der Waals surface area contributed by atoms with E-state index in [0.717, 1.165) is 5.75 Å². The summed E-state index contributed by atoms with van der Waals surface area (Å²) >= 11 is 1.61. The zero-order valence-corrected chi connectivity index (χ0v) is 11.2. The average molecular weight is 260 g/mol. The fourth-order valence-electron chi connectivity index (χ4n) is 1.06. The fraction of sp³-hybridized carbons (Fsp3) is 0.727. The van der Waals surface area contributed by atoms with Gasteiger partial charge in [-0.2, -0.15) is 11.8 Å². The highest BCUT2D eigenvalue weighted by atomic mass is 32.2. The molecule has 0 fully saturated rings. The number of hydrogen-bond donors (Lipinski definition) is 2. The van der Waals surface area contributed by atoms with Crippen molar-refractivity contribution < 1.29 is 14.4 Å². The number of hydrogen-bond acceptors (Lipinski definition) is 4. The Morgan fingerprint density at radius 2 is 1.47 bits per heavy atom. The van der Waals surface area contributed by atoms with E-state index in [1.807, 2.05) is 6.26 Å². The molecule has 0 unspecified atom stereocenters. The van der Waals surface area contributed by atoms with Crippen LogP contribution in [-0.4, -0.2) is 42.7 Å². The Kier molecular flexibility index (Phi) is 9.52. The maximum absolute atomic E-state index is 11.2. The Morgan fingerprint density at radius 3 is 2.00 bits per heavy atom. The second-order valence-electron chi connectivity index (χ2n) is 3.64. The summed E-state index contributed by atoms with van der Waals surface area (Å²) in [6.45, 7) is 2.20. The highest BCUT2D eigenvalue weighted by Gasteiger charge is 2.03. The van der Waals surface area contributed by atoms with Crippen molar-refractivity contribution >= 4 is 29.4 Å². The molecule has 6 heteroatoms. The van der Waals surface area contributed by atoms with Crippen LogP contribution in [0.2, 0.25) is 0 Å². The molecule has 0 bridgehead atoms. The fourth-order valence-corrected chi connectivity index (χ4v) is 1.45. The molecule has 0 spiro atoms. The van der Waals surface area contributed by atoms with Gasteiger partial charge >= 0.3 is 0 Å². The lowest BCUT2D eigenvalue weighted by Crippen LogP contribution is -2.31. The monoisotopic (exact) mass is 260 g/mol. The van der Waals surface area contributed by atoms with E-state index in [1.165, 1.54) is 6.92 Å². The average Bonchev–Trinajstić information content (AvgIpc) is 2.25. The van der Waals surface area contributed by atoms with Crippen LogP contribution in [0, 0.1) is 0 Å². The molecule has 0 heterocycles. The molecule has 98 valence electrons. The van der Waals surface area contributed by atoms with Crippen molar-refractivity contribution in [2.45, 2.75) is 26.2 Å². The normalized spacial score (nSPS) is 9.76. The summed E-state index contributed by atoms with van der Waals surface area (Å²) in [7, 11) is 0. The molecule has 0 aliphatic heterocycles. The molecule has 0 atom stereocenters. The lowest BCUT2D eigenvalue weighted by molar-refractivity contribution is -0.122. The van der Waals surface area contributed by atoms with Crippen LogP contribution >= 0.6 is 11.8 Å². The maximum Gasteiger partial charge on any atom is 0.221 e. The van der Waals surface area contributed by atoms with Crippen molar-refractivity contribution in [1.82, 2.24) is 10.6 Å². The van der Waals surface area contributed by atoms with Gasteiger partial charge in [-0.25, -0.2) is 0 Å². The first-order valence-corrected chi connectivity index (χ1v) is 6.97. The smallest absolute Gasteiger partial charge is 0.221 e. The third-order valence-electron chi connectivity index (χ3n) is 2.01. The van der Waals surface area contributed by atoms with E-state index in [9.17, 15) is 14.4 Å². The first-order valence-electron chi connectivity index (χ1n) is 5.58. The van der Waals surface area contributed by atoms with Gasteiger partial charge in [-0.1, -0.05) is 0 Å². The molecule has 0 aromatic rings. The molecule has 0 aliphatic rings. The minimum atomic E-state index is -0.142. The van der Waals surface area contributed by atoms with Gasteiger partial charge in [-0.05, 0) is 13.2 Å². The van der Waals surface area contributed by atoms with Crippen molar-refractivity contribution in [3.63, 3.8) is 0 Å². The second kappa shape index (κ2) is 10.1. The van der Waals surface area contributed by atoms with Gasteiger partial charge in [0.25, 0.3) is 0 Å². The number of rotatable bonds is 9. The van der Waals surface area contributed by atoms with E-state index < -0.39 is 0 Å².